The smallest absolute Gasteiger partial charge is 0.315 e. The Morgan fingerprint density at radius 2 is 2.00 bits per heavy atom. The standard InChI is InChI=1S/C18H25N5O2/c1-11-7-8-15(25-4)14(10-11)12(2)19-18(24)20-13(3)17-22-21-16-6-5-9-23(16)17/h7-8,10,12-13H,5-6,9H2,1-4H3,(H2,19,20,24). The van der Waals surface area contributed by atoms with E-state index >= 15 is 0 Å². The number of nitrogens with one attached hydrogen (secondary N) is 2. The summed E-state index contributed by atoms with van der Waals surface area (Å²) in [5.41, 5.74) is 2.07. The number of benzene rings is 1. The fraction of sp³-hybridized carbons (Fsp3) is 0.500. The van der Waals surface area contributed by atoms with Gasteiger partial charge in [-0.2, -0.15) is 0 Å². The molecule has 3 rings (SSSR count). The Morgan fingerprint density at radius 1 is 1.24 bits per heavy atom. The second kappa shape index (κ2) is 7.13. The summed E-state index contributed by atoms with van der Waals surface area (Å²) in [4.78, 5) is 12.4. The zero-order valence-corrected chi connectivity index (χ0v) is 15.2. The Labute approximate surface area is 147 Å². The van der Waals surface area contributed by atoms with E-state index < -0.39 is 0 Å². The first-order valence-corrected chi connectivity index (χ1v) is 8.63. The molecule has 7 heteroatoms. The second-order valence-corrected chi connectivity index (χ2v) is 6.54. The van der Waals surface area contributed by atoms with Crippen LogP contribution >= 0.6 is 0 Å². The van der Waals surface area contributed by atoms with Gasteiger partial charge in [-0.1, -0.05) is 17.7 Å². The fourth-order valence-electron chi connectivity index (χ4n) is 3.26. The number of hydrogen-bond acceptors (Lipinski definition) is 4. The minimum Gasteiger partial charge on any atom is -0.496 e. The molecule has 2 heterocycles. The molecule has 2 amide bonds. The summed E-state index contributed by atoms with van der Waals surface area (Å²) in [5, 5.41) is 14.3. The lowest BCUT2D eigenvalue weighted by molar-refractivity contribution is 0.234. The summed E-state index contributed by atoms with van der Waals surface area (Å²) in [7, 11) is 1.63. The topological polar surface area (TPSA) is 81.1 Å². The van der Waals surface area contributed by atoms with Crippen LogP contribution in [0.5, 0.6) is 5.75 Å². The number of aromatic nitrogens is 3. The van der Waals surface area contributed by atoms with Crippen molar-refractivity contribution >= 4 is 6.03 Å². The molecule has 2 atom stereocenters. The molecule has 0 fully saturated rings. The van der Waals surface area contributed by atoms with Gasteiger partial charge in [0.25, 0.3) is 0 Å². The second-order valence-electron chi connectivity index (χ2n) is 6.54. The van der Waals surface area contributed by atoms with Gasteiger partial charge in [0.2, 0.25) is 0 Å². The first-order chi connectivity index (χ1) is 12.0. The number of hydrogen-bond donors (Lipinski definition) is 2. The number of amides is 2. The third-order valence-corrected chi connectivity index (χ3v) is 4.57. The molecular formula is C18H25N5O2. The molecule has 1 aromatic heterocycles. The van der Waals surface area contributed by atoms with Crippen molar-refractivity contribution in [1.82, 2.24) is 25.4 Å². The molecule has 2 unspecified atom stereocenters. The molecule has 2 N–H and O–H groups in total. The largest absolute Gasteiger partial charge is 0.496 e. The molecule has 0 aliphatic carbocycles. The third kappa shape index (κ3) is 3.60. The maximum absolute atomic E-state index is 12.4. The molecule has 134 valence electrons. The number of fused-ring (bicyclic) bond motifs is 1. The molecule has 1 aromatic carbocycles. The monoisotopic (exact) mass is 343 g/mol. The average molecular weight is 343 g/mol. The van der Waals surface area contributed by atoms with Gasteiger partial charge in [0.15, 0.2) is 5.82 Å². The Balaban J connectivity index is 1.65. The summed E-state index contributed by atoms with van der Waals surface area (Å²) in [5.74, 6) is 2.58. The van der Waals surface area contributed by atoms with Crippen molar-refractivity contribution in [2.75, 3.05) is 7.11 Å². The fourth-order valence-corrected chi connectivity index (χ4v) is 3.26. The van der Waals surface area contributed by atoms with Crippen molar-refractivity contribution in [2.45, 2.75) is 52.2 Å². The first-order valence-electron chi connectivity index (χ1n) is 8.63. The van der Waals surface area contributed by atoms with Crippen molar-refractivity contribution in [1.29, 1.82) is 0 Å². The number of nitrogens with zero attached hydrogens (tertiary/aromatic N) is 3. The number of ether oxygens (including phenoxy) is 1. The summed E-state index contributed by atoms with van der Waals surface area (Å²) in [6.45, 7) is 6.80. The van der Waals surface area contributed by atoms with Gasteiger partial charge in [0.1, 0.15) is 11.6 Å². The van der Waals surface area contributed by atoms with E-state index in [-0.39, 0.29) is 18.1 Å². The molecule has 0 saturated carbocycles. The number of carbonyl (C=O) groups is 1. The van der Waals surface area contributed by atoms with E-state index in [0.29, 0.717) is 0 Å². The quantitative estimate of drug-likeness (QED) is 0.874. The SMILES string of the molecule is COc1ccc(C)cc1C(C)NC(=O)NC(C)c1nnc2n1CCC2. The van der Waals surface area contributed by atoms with E-state index in [1.54, 1.807) is 7.11 Å². The van der Waals surface area contributed by atoms with Crippen LogP contribution in [-0.4, -0.2) is 27.9 Å². The molecule has 7 nitrogen and oxygen atoms in total. The van der Waals surface area contributed by atoms with Gasteiger partial charge in [-0.25, -0.2) is 4.79 Å². The number of rotatable bonds is 5. The van der Waals surface area contributed by atoms with Crippen molar-refractivity contribution in [3.05, 3.63) is 41.0 Å². The van der Waals surface area contributed by atoms with Gasteiger partial charge >= 0.3 is 6.03 Å². The maximum Gasteiger partial charge on any atom is 0.315 e. The highest BCUT2D eigenvalue weighted by atomic mass is 16.5. The number of aryl methyl sites for hydroxylation is 2. The molecule has 0 bridgehead atoms. The van der Waals surface area contributed by atoms with Gasteiger partial charge in [-0.15, -0.1) is 10.2 Å². The van der Waals surface area contributed by atoms with Crippen molar-refractivity contribution in [3.8, 4) is 5.75 Å². The van der Waals surface area contributed by atoms with Crippen LogP contribution in [-0.2, 0) is 13.0 Å². The van der Waals surface area contributed by atoms with Gasteiger partial charge in [-0.05, 0) is 33.3 Å². The van der Waals surface area contributed by atoms with Crippen LogP contribution in [0.25, 0.3) is 0 Å². The first kappa shape index (κ1) is 17.3. The number of methoxy groups -OCH3 is 1. The predicted octanol–water partition coefficient (Wildman–Crippen LogP) is 2.66. The van der Waals surface area contributed by atoms with E-state index in [0.717, 1.165) is 47.9 Å². The van der Waals surface area contributed by atoms with Crippen molar-refractivity contribution in [2.24, 2.45) is 0 Å². The highest BCUT2D eigenvalue weighted by molar-refractivity contribution is 5.75. The zero-order valence-electron chi connectivity index (χ0n) is 15.2. The Hall–Kier alpha value is -2.57. The summed E-state index contributed by atoms with van der Waals surface area (Å²) in [6.07, 6.45) is 2.04. The number of urea groups is 1. The minimum atomic E-state index is -0.237. The van der Waals surface area contributed by atoms with E-state index in [1.807, 2.05) is 39.0 Å². The Bertz CT molecular complexity index is 771. The van der Waals surface area contributed by atoms with Gasteiger partial charge in [0.05, 0.1) is 19.2 Å². The average Bonchev–Trinajstić information content (AvgIpc) is 3.17. The van der Waals surface area contributed by atoms with Crippen molar-refractivity contribution < 1.29 is 9.53 Å². The lowest BCUT2D eigenvalue weighted by atomic mass is 10.0. The molecule has 1 aliphatic rings. The van der Waals surface area contributed by atoms with Crippen LogP contribution < -0.4 is 15.4 Å². The van der Waals surface area contributed by atoms with E-state index in [4.69, 9.17) is 4.74 Å². The van der Waals surface area contributed by atoms with Crippen LogP contribution in [0, 0.1) is 6.92 Å². The lowest BCUT2D eigenvalue weighted by Gasteiger charge is -2.20. The molecule has 0 radical (unpaired) electrons. The van der Waals surface area contributed by atoms with Gasteiger partial charge in [0, 0.05) is 18.5 Å². The molecule has 0 saturated heterocycles. The van der Waals surface area contributed by atoms with Crippen LogP contribution in [0.1, 0.15) is 55.1 Å². The van der Waals surface area contributed by atoms with Gasteiger partial charge < -0.3 is 19.9 Å². The Kier molecular flexibility index (Phi) is 4.92. The number of carbonyl (C=O) groups excluding carboxylic acids is 1. The molecule has 0 spiro atoms. The molecular weight excluding hydrogens is 318 g/mol. The molecule has 2 aromatic rings. The zero-order chi connectivity index (χ0) is 18.0. The van der Waals surface area contributed by atoms with E-state index in [9.17, 15) is 4.79 Å². The van der Waals surface area contributed by atoms with Gasteiger partial charge in [-0.3, -0.25) is 0 Å². The predicted molar refractivity (Wildman–Crippen MR) is 94.6 cm³/mol. The highest BCUT2D eigenvalue weighted by Gasteiger charge is 2.23. The third-order valence-electron chi connectivity index (χ3n) is 4.57. The molecule has 1 aliphatic heterocycles. The van der Waals surface area contributed by atoms with Crippen LogP contribution in [0.3, 0.4) is 0 Å². The minimum absolute atomic E-state index is 0.175. The van der Waals surface area contributed by atoms with Crippen molar-refractivity contribution in [3.63, 3.8) is 0 Å². The highest BCUT2D eigenvalue weighted by Crippen LogP contribution is 2.26. The normalized spacial score (nSPS) is 15.4. The van der Waals surface area contributed by atoms with Crippen LogP contribution in [0.2, 0.25) is 0 Å². The Morgan fingerprint density at radius 3 is 2.76 bits per heavy atom. The van der Waals surface area contributed by atoms with E-state index in [1.165, 1.54) is 0 Å². The molecule has 25 heavy (non-hydrogen) atoms. The lowest BCUT2D eigenvalue weighted by Crippen LogP contribution is -2.39. The maximum atomic E-state index is 12.4. The summed E-state index contributed by atoms with van der Waals surface area (Å²) >= 11 is 0. The van der Waals surface area contributed by atoms with E-state index in [2.05, 4.69) is 25.4 Å². The van der Waals surface area contributed by atoms with Crippen LogP contribution in [0.15, 0.2) is 18.2 Å². The summed E-state index contributed by atoms with van der Waals surface area (Å²) < 4.78 is 7.50. The summed E-state index contributed by atoms with van der Waals surface area (Å²) in [6, 6.07) is 5.32. The van der Waals surface area contributed by atoms with Crippen LogP contribution in [0.4, 0.5) is 4.79 Å².